The maximum absolute atomic E-state index is 13.3. The Labute approximate surface area is 213 Å². The molecule has 1 fully saturated rings. The van der Waals surface area contributed by atoms with E-state index in [2.05, 4.69) is 27.4 Å². The molecule has 1 N–H and O–H groups in total. The van der Waals surface area contributed by atoms with Gasteiger partial charge < -0.3 is 9.88 Å². The Morgan fingerprint density at radius 3 is 2.38 bits per heavy atom. The van der Waals surface area contributed by atoms with E-state index in [1.807, 2.05) is 77.7 Å². The van der Waals surface area contributed by atoms with Crippen LogP contribution in [-0.2, 0) is 6.54 Å². The highest BCUT2D eigenvalue weighted by atomic mass is 16.2. The summed E-state index contributed by atoms with van der Waals surface area (Å²) in [5.41, 5.74) is 4.27. The summed E-state index contributed by atoms with van der Waals surface area (Å²) in [6, 6.07) is 27.7. The molecule has 37 heavy (non-hydrogen) atoms. The SMILES string of the molecule is O=C(c1ccc(-c2ccccc2)cc1)N1CCCC(c2nc3c(nnn3Cc3ccccc3)c(=O)[nH]2)C1. The van der Waals surface area contributed by atoms with Crippen molar-refractivity contribution in [2.24, 2.45) is 0 Å². The van der Waals surface area contributed by atoms with Crippen molar-refractivity contribution in [3.8, 4) is 11.1 Å². The third-order valence-electron chi connectivity index (χ3n) is 6.90. The van der Waals surface area contributed by atoms with Gasteiger partial charge in [-0.3, -0.25) is 9.59 Å². The molecule has 0 spiro atoms. The fourth-order valence-corrected chi connectivity index (χ4v) is 4.94. The molecule has 0 bridgehead atoms. The number of carbonyl (C=O) groups is 1. The van der Waals surface area contributed by atoms with Gasteiger partial charge in [-0.1, -0.05) is 78.0 Å². The maximum Gasteiger partial charge on any atom is 0.281 e. The molecular weight excluding hydrogens is 464 g/mol. The first kappa shape index (κ1) is 22.8. The van der Waals surface area contributed by atoms with Crippen LogP contribution < -0.4 is 5.56 Å². The minimum Gasteiger partial charge on any atom is -0.338 e. The van der Waals surface area contributed by atoms with Crippen molar-refractivity contribution >= 4 is 17.1 Å². The van der Waals surface area contributed by atoms with Crippen molar-refractivity contribution in [2.75, 3.05) is 13.1 Å². The van der Waals surface area contributed by atoms with Crippen LogP contribution in [0, 0.1) is 0 Å². The summed E-state index contributed by atoms with van der Waals surface area (Å²) in [5.74, 6) is 0.494. The molecule has 6 rings (SSSR count). The van der Waals surface area contributed by atoms with Crippen molar-refractivity contribution < 1.29 is 4.79 Å². The van der Waals surface area contributed by atoms with Crippen molar-refractivity contribution in [3.63, 3.8) is 0 Å². The molecule has 1 saturated heterocycles. The van der Waals surface area contributed by atoms with Crippen LogP contribution >= 0.6 is 0 Å². The number of nitrogens with one attached hydrogen (secondary N) is 1. The van der Waals surface area contributed by atoms with Crippen LogP contribution in [0.25, 0.3) is 22.3 Å². The number of carbonyl (C=O) groups excluding carboxylic acids is 1. The van der Waals surface area contributed by atoms with Gasteiger partial charge in [-0.25, -0.2) is 9.67 Å². The number of H-pyrrole nitrogens is 1. The van der Waals surface area contributed by atoms with E-state index in [9.17, 15) is 9.59 Å². The summed E-state index contributed by atoms with van der Waals surface area (Å²) < 4.78 is 1.66. The molecule has 5 aromatic rings. The summed E-state index contributed by atoms with van der Waals surface area (Å²) in [7, 11) is 0. The zero-order valence-corrected chi connectivity index (χ0v) is 20.2. The van der Waals surface area contributed by atoms with Crippen molar-refractivity contribution in [1.82, 2.24) is 29.9 Å². The molecule has 3 heterocycles. The molecule has 1 amide bonds. The number of aromatic amines is 1. The van der Waals surface area contributed by atoms with Crippen LogP contribution in [0.1, 0.15) is 40.5 Å². The number of amides is 1. The predicted molar refractivity (Wildman–Crippen MR) is 141 cm³/mol. The van der Waals surface area contributed by atoms with E-state index >= 15 is 0 Å². The Kier molecular flexibility index (Phi) is 6.06. The van der Waals surface area contributed by atoms with E-state index in [0.717, 1.165) is 29.5 Å². The zero-order valence-electron chi connectivity index (χ0n) is 20.2. The number of nitrogens with zero attached hydrogens (tertiary/aromatic N) is 5. The van der Waals surface area contributed by atoms with Gasteiger partial charge in [-0.2, -0.15) is 0 Å². The standard InChI is InChI=1S/C29H26N6O2/c36-28-25-27(35(33-32-25)18-20-8-3-1-4-9-20)30-26(31-28)24-12-7-17-34(19-24)29(37)23-15-13-22(14-16-23)21-10-5-2-6-11-21/h1-6,8-11,13-16,24H,7,12,17-19H2,(H,30,31,36). The van der Waals surface area contributed by atoms with Gasteiger partial charge in [0.2, 0.25) is 0 Å². The largest absolute Gasteiger partial charge is 0.338 e. The molecule has 1 aliphatic heterocycles. The number of likely N-dealkylation sites (tertiary alicyclic amines) is 1. The molecule has 3 aromatic carbocycles. The second-order valence-corrected chi connectivity index (χ2v) is 9.39. The molecule has 184 valence electrons. The van der Waals surface area contributed by atoms with Gasteiger partial charge in [0.15, 0.2) is 11.2 Å². The Bertz CT molecular complexity index is 1590. The zero-order chi connectivity index (χ0) is 25.2. The Morgan fingerprint density at radius 1 is 0.919 bits per heavy atom. The monoisotopic (exact) mass is 490 g/mol. The topological polar surface area (TPSA) is 96.8 Å². The molecule has 8 nitrogen and oxygen atoms in total. The molecule has 2 aromatic heterocycles. The molecule has 1 unspecified atom stereocenters. The Balaban J connectivity index is 1.22. The number of hydrogen-bond donors (Lipinski definition) is 1. The van der Waals surface area contributed by atoms with E-state index < -0.39 is 0 Å². The van der Waals surface area contributed by atoms with Crippen LogP contribution in [0.4, 0.5) is 0 Å². The van der Waals surface area contributed by atoms with Gasteiger partial charge in [-0.15, -0.1) is 5.10 Å². The number of piperidine rings is 1. The predicted octanol–water partition coefficient (Wildman–Crippen LogP) is 4.25. The lowest BCUT2D eigenvalue weighted by atomic mass is 9.96. The molecule has 0 radical (unpaired) electrons. The van der Waals surface area contributed by atoms with E-state index in [1.165, 1.54) is 0 Å². The Morgan fingerprint density at radius 2 is 1.62 bits per heavy atom. The van der Waals surface area contributed by atoms with E-state index in [1.54, 1.807) is 4.68 Å². The summed E-state index contributed by atoms with van der Waals surface area (Å²) in [6.07, 6.45) is 1.67. The number of benzene rings is 3. The number of rotatable bonds is 5. The highest BCUT2D eigenvalue weighted by Crippen LogP contribution is 2.27. The first-order valence-electron chi connectivity index (χ1n) is 12.5. The van der Waals surface area contributed by atoms with Crippen molar-refractivity contribution in [1.29, 1.82) is 0 Å². The van der Waals surface area contributed by atoms with Crippen LogP contribution in [-0.4, -0.2) is 48.9 Å². The van der Waals surface area contributed by atoms with Crippen LogP contribution in [0.5, 0.6) is 0 Å². The quantitative estimate of drug-likeness (QED) is 0.397. The lowest BCUT2D eigenvalue weighted by Gasteiger charge is -2.32. The molecule has 0 aliphatic carbocycles. The smallest absolute Gasteiger partial charge is 0.281 e. The van der Waals surface area contributed by atoms with Gasteiger partial charge in [0.05, 0.1) is 6.54 Å². The summed E-state index contributed by atoms with van der Waals surface area (Å²) >= 11 is 0. The molecule has 1 aliphatic rings. The fraction of sp³-hybridized carbons (Fsp3) is 0.207. The van der Waals surface area contributed by atoms with Gasteiger partial charge in [0, 0.05) is 24.6 Å². The van der Waals surface area contributed by atoms with Gasteiger partial charge in [0.1, 0.15) is 5.82 Å². The second-order valence-electron chi connectivity index (χ2n) is 9.39. The van der Waals surface area contributed by atoms with Crippen LogP contribution in [0.3, 0.4) is 0 Å². The highest BCUT2D eigenvalue weighted by Gasteiger charge is 2.28. The van der Waals surface area contributed by atoms with E-state index in [4.69, 9.17) is 4.98 Å². The van der Waals surface area contributed by atoms with Gasteiger partial charge in [0.25, 0.3) is 11.5 Å². The van der Waals surface area contributed by atoms with Gasteiger partial charge in [-0.05, 0) is 41.7 Å². The Hall–Kier alpha value is -4.59. The number of fused-ring (bicyclic) bond motifs is 1. The first-order chi connectivity index (χ1) is 18.2. The van der Waals surface area contributed by atoms with E-state index in [0.29, 0.717) is 36.7 Å². The average Bonchev–Trinajstić information content (AvgIpc) is 3.37. The summed E-state index contributed by atoms with van der Waals surface area (Å²) in [4.78, 5) is 35.7. The lowest BCUT2D eigenvalue weighted by Crippen LogP contribution is -2.40. The van der Waals surface area contributed by atoms with Crippen LogP contribution in [0.2, 0.25) is 0 Å². The molecule has 1 atom stereocenters. The van der Waals surface area contributed by atoms with Crippen molar-refractivity contribution in [2.45, 2.75) is 25.3 Å². The molecule has 8 heteroatoms. The molecule has 0 saturated carbocycles. The minimum atomic E-state index is -0.306. The highest BCUT2D eigenvalue weighted by molar-refractivity contribution is 5.94. The number of hydrogen-bond acceptors (Lipinski definition) is 5. The van der Waals surface area contributed by atoms with Gasteiger partial charge >= 0.3 is 0 Å². The minimum absolute atomic E-state index is 0.0106. The maximum atomic E-state index is 13.3. The lowest BCUT2D eigenvalue weighted by molar-refractivity contribution is 0.0704. The van der Waals surface area contributed by atoms with E-state index in [-0.39, 0.29) is 22.9 Å². The third-order valence-corrected chi connectivity index (χ3v) is 6.90. The average molecular weight is 491 g/mol. The normalized spacial score (nSPS) is 15.7. The number of aromatic nitrogens is 5. The summed E-state index contributed by atoms with van der Waals surface area (Å²) in [5, 5.41) is 8.22. The van der Waals surface area contributed by atoms with Crippen LogP contribution in [0.15, 0.2) is 89.7 Å². The second kappa shape index (κ2) is 9.81. The van der Waals surface area contributed by atoms with Crippen molar-refractivity contribution in [3.05, 3.63) is 112 Å². The molecular formula is C29H26N6O2. The first-order valence-corrected chi connectivity index (χ1v) is 12.5. The summed E-state index contributed by atoms with van der Waals surface area (Å²) in [6.45, 7) is 1.64. The fourth-order valence-electron chi connectivity index (χ4n) is 4.94. The third kappa shape index (κ3) is 4.65.